The number of methoxy groups -OCH3 is 1. The Morgan fingerprint density at radius 3 is 2.50 bits per heavy atom. The highest BCUT2D eigenvalue weighted by atomic mass is 16.5. The van der Waals surface area contributed by atoms with Crippen LogP contribution < -0.4 is 5.32 Å². The number of hydrogen-bond donors (Lipinski definition) is 1. The van der Waals surface area contributed by atoms with Gasteiger partial charge in [-0.05, 0) is 32.7 Å². The van der Waals surface area contributed by atoms with E-state index in [0.29, 0.717) is 18.4 Å². The molecule has 116 valence electrons. The van der Waals surface area contributed by atoms with E-state index in [-0.39, 0.29) is 12.0 Å². The lowest BCUT2D eigenvalue weighted by Crippen LogP contribution is -2.35. The summed E-state index contributed by atoms with van der Waals surface area (Å²) in [5.41, 5.74) is 0. The minimum Gasteiger partial charge on any atom is -0.381 e. The summed E-state index contributed by atoms with van der Waals surface area (Å²) in [7, 11) is 1.69. The molecule has 0 aliphatic carbocycles. The van der Waals surface area contributed by atoms with Gasteiger partial charge in [-0.3, -0.25) is 0 Å². The topological polar surface area (TPSA) is 60.2 Å². The van der Waals surface area contributed by atoms with Crippen LogP contribution in [0.3, 0.4) is 0 Å². The molecule has 5 nitrogen and oxygen atoms in total. The first-order valence-electron chi connectivity index (χ1n) is 7.58. The maximum atomic E-state index is 5.48. The molecule has 1 aromatic rings. The van der Waals surface area contributed by atoms with Gasteiger partial charge in [0, 0.05) is 19.6 Å². The molecule has 1 N–H and O–H groups in total. The fourth-order valence-electron chi connectivity index (χ4n) is 2.40. The summed E-state index contributed by atoms with van der Waals surface area (Å²) in [6, 6.07) is 0.322. The fraction of sp³-hybridized carbons (Fsp3) is 0.867. The number of aromatic nitrogens is 2. The molecule has 0 aliphatic rings. The summed E-state index contributed by atoms with van der Waals surface area (Å²) in [5, 5.41) is 7.60. The average molecular weight is 283 g/mol. The zero-order valence-corrected chi connectivity index (χ0v) is 13.6. The van der Waals surface area contributed by atoms with Crippen molar-refractivity contribution in [1.29, 1.82) is 0 Å². The number of nitrogens with one attached hydrogen (secondary N) is 1. The molecular formula is C15H29N3O2. The van der Waals surface area contributed by atoms with Gasteiger partial charge in [0.2, 0.25) is 5.89 Å². The second-order valence-corrected chi connectivity index (χ2v) is 5.81. The smallest absolute Gasteiger partial charge is 0.231 e. The van der Waals surface area contributed by atoms with Crippen LogP contribution in [0.4, 0.5) is 0 Å². The van der Waals surface area contributed by atoms with Crippen LogP contribution in [-0.4, -0.2) is 35.9 Å². The van der Waals surface area contributed by atoms with Gasteiger partial charge >= 0.3 is 0 Å². The molecular weight excluding hydrogens is 254 g/mol. The van der Waals surface area contributed by atoms with E-state index in [9.17, 15) is 0 Å². The average Bonchev–Trinajstić information content (AvgIpc) is 2.83. The van der Waals surface area contributed by atoms with Crippen LogP contribution >= 0.6 is 0 Å². The molecule has 0 spiro atoms. The summed E-state index contributed by atoms with van der Waals surface area (Å²) in [5.74, 6) is 2.14. The highest BCUT2D eigenvalue weighted by Crippen LogP contribution is 2.26. The molecule has 20 heavy (non-hydrogen) atoms. The highest BCUT2D eigenvalue weighted by molar-refractivity contribution is 5.00. The third kappa shape index (κ3) is 4.87. The van der Waals surface area contributed by atoms with Gasteiger partial charge in [-0.25, -0.2) is 0 Å². The first-order chi connectivity index (χ1) is 9.49. The molecule has 0 aromatic carbocycles. The molecule has 1 heterocycles. The second kappa shape index (κ2) is 8.37. The van der Waals surface area contributed by atoms with E-state index in [2.05, 4.69) is 43.2 Å². The minimum absolute atomic E-state index is 0.105. The first kappa shape index (κ1) is 17.1. The predicted molar refractivity (Wildman–Crippen MR) is 79.8 cm³/mol. The lowest BCUT2D eigenvalue weighted by molar-refractivity contribution is 0.116. The predicted octanol–water partition coefficient (Wildman–Crippen LogP) is 2.77. The Kier molecular flexibility index (Phi) is 7.16. The van der Waals surface area contributed by atoms with Crippen LogP contribution in [0, 0.1) is 5.92 Å². The van der Waals surface area contributed by atoms with Crippen LogP contribution in [0.1, 0.15) is 58.7 Å². The van der Waals surface area contributed by atoms with E-state index in [1.54, 1.807) is 7.11 Å². The fourth-order valence-corrected chi connectivity index (χ4v) is 2.40. The van der Waals surface area contributed by atoms with Crippen molar-refractivity contribution in [3.63, 3.8) is 0 Å². The van der Waals surface area contributed by atoms with Gasteiger partial charge in [-0.1, -0.05) is 25.9 Å². The number of rotatable bonds is 9. The molecule has 0 fully saturated rings. The van der Waals surface area contributed by atoms with Crippen LogP contribution in [0.15, 0.2) is 4.52 Å². The molecule has 0 saturated heterocycles. The molecule has 0 aliphatic heterocycles. The highest BCUT2D eigenvalue weighted by Gasteiger charge is 2.28. The third-order valence-electron chi connectivity index (χ3n) is 3.61. The largest absolute Gasteiger partial charge is 0.381 e. The Morgan fingerprint density at radius 1 is 1.25 bits per heavy atom. The van der Waals surface area contributed by atoms with Gasteiger partial charge in [-0.2, -0.15) is 4.98 Å². The van der Waals surface area contributed by atoms with E-state index in [1.165, 1.54) is 0 Å². The monoisotopic (exact) mass is 283 g/mol. The van der Waals surface area contributed by atoms with Crippen molar-refractivity contribution in [1.82, 2.24) is 15.5 Å². The lowest BCUT2D eigenvalue weighted by atomic mass is 9.89. The molecule has 3 unspecified atom stereocenters. The van der Waals surface area contributed by atoms with E-state index in [1.807, 2.05) is 6.92 Å². The van der Waals surface area contributed by atoms with Gasteiger partial charge in [0.25, 0.3) is 0 Å². The Labute approximate surface area is 122 Å². The minimum atomic E-state index is 0.105. The van der Waals surface area contributed by atoms with Gasteiger partial charge < -0.3 is 14.6 Å². The molecule has 0 amide bonds. The maximum Gasteiger partial charge on any atom is 0.231 e. The molecule has 0 radical (unpaired) electrons. The van der Waals surface area contributed by atoms with Crippen LogP contribution in [0.25, 0.3) is 0 Å². The molecule has 1 aromatic heterocycles. The Morgan fingerprint density at radius 2 is 1.95 bits per heavy atom. The van der Waals surface area contributed by atoms with Gasteiger partial charge in [-0.15, -0.1) is 0 Å². The van der Waals surface area contributed by atoms with Crippen molar-refractivity contribution >= 4 is 0 Å². The van der Waals surface area contributed by atoms with E-state index < -0.39 is 0 Å². The number of hydrogen-bond acceptors (Lipinski definition) is 5. The van der Waals surface area contributed by atoms with Crippen LogP contribution in [0.5, 0.6) is 0 Å². The number of ether oxygens (including phenoxy) is 1. The lowest BCUT2D eigenvalue weighted by Gasteiger charge is -2.25. The zero-order valence-electron chi connectivity index (χ0n) is 13.6. The van der Waals surface area contributed by atoms with Crippen LogP contribution in [-0.2, 0) is 11.2 Å². The van der Waals surface area contributed by atoms with Gasteiger partial charge in [0.1, 0.15) is 0 Å². The van der Waals surface area contributed by atoms with Crippen molar-refractivity contribution in [3.8, 4) is 0 Å². The molecule has 3 atom stereocenters. The van der Waals surface area contributed by atoms with Crippen molar-refractivity contribution in [2.24, 2.45) is 5.92 Å². The van der Waals surface area contributed by atoms with Gasteiger partial charge in [0.05, 0.1) is 12.0 Å². The quantitative estimate of drug-likeness (QED) is 0.755. The summed E-state index contributed by atoms with van der Waals surface area (Å²) in [4.78, 5) is 4.55. The summed E-state index contributed by atoms with van der Waals surface area (Å²) < 4.78 is 10.7. The van der Waals surface area contributed by atoms with E-state index >= 15 is 0 Å². The molecule has 0 saturated carbocycles. The molecule has 5 heteroatoms. The summed E-state index contributed by atoms with van der Waals surface area (Å²) in [6.07, 6.45) is 1.91. The van der Waals surface area contributed by atoms with E-state index in [0.717, 1.165) is 24.7 Å². The third-order valence-corrected chi connectivity index (χ3v) is 3.61. The molecule has 1 rings (SSSR count). The molecule has 0 bridgehead atoms. The first-order valence-corrected chi connectivity index (χ1v) is 7.58. The van der Waals surface area contributed by atoms with E-state index in [4.69, 9.17) is 9.26 Å². The van der Waals surface area contributed by atoms with Crippen LogP contribution in [0.2, 0.25) is 0 Å². The Bertz CT molecular complexity index is 379. The summed E-state index contributed by atoms with van der Waals surface area (Å²) in [6.45, 7) is 11.7. The van der Waals surface area contributed by atoms with Crippen molar-refractivity contribution in [3.05, 3.63) is 11.7 Å². The summed E-state index contributed by atoms with van der Waals surface area (Å²) >= 11 is 0. The van der Waals surface area contributed by atoms with Crippen molar-refractivity contribution in [2.45, 2.75) is 65.5 Å². The Hall–Kier alpha value is -0.940. The Balaban J connectivity index is 2.77. The zero-order chi connectivity index (χ0) is 15.1. The standard InChI is InChI=1S/C15H29N3O2/c1-7-8-16-12(5)14(10(2)3)15-17-13(18-20-15)9-11(4)19-6/h10-12,14,16H,7-9H2,1-6H3. The maximum absolute atomic E-state index is 5.48. The number of nitrogens with zero attached hydrogens (tertiary/aromatic N) is 2. The second-order valence-electron chi connectivity index (χ2n) is 5.81. The normalized spacial score (nSPS) is 16.4. The van der Waals surface area contributed by atoms with Crippen molar-refractivity contribution in [2.75, 3.05) is 13.7 Å². The van der Waals surface area contributed by atoms with Crippen molar-refractivity contribution < 1.29 is 9.26 Å². The SMILES string of the molecule is CCCNC(C)C(c1nc(CC(C)OC)no1)C(C)C. The van der Waals surface area contributed by atoms with Gasteiger partial charge in [0.15, 0.2) is 5.82 Å².